The standard InChI is InChI=1S/C24H31N5O3/c1-2-27-17-25-22-21(27)23(31)29(24(32)28(22)15-18-11-7-6-8-12-18)16-20(30)26-19-13-9-4-3-5-10-14-19/h6-8,11-12,17,19H,2-5,9-10,13-16H2,1H3,(H,26,30). The van der Waals surface area contributed by atoms with Crippen LogP contribution in [0.5, 0.6) is 0 Å². The number of nitrogens with zero attached hydrogens (tertiary/aromatic N) is 4. The van der Waals surface area contributed by atoms with Crippen LogP contribution >= 0.6 is 0 Å². The molecule has 1 aliphatic carbocycles. The van der Waals surface area contributed by atoms with Crippen LogP contribution < -0.4 is 16.6 Å². The monoisotopic (exact) mass is 437 g/mol. The van der Waals surface area contributed by atoms with Crippen LogP contribution in [0.1, 0.15) is 57.4 Å². The number of benzene rings is 1. The second-order valence-electron chi connectivity index (χ2n) is 8.56. The molecule has 0 radical (unpaired) electrons. The third kappa shape index (κ3) is 4.69. The van der Waals surface area contributed by atoms with E-state index in [0.29, 0.717) is 17.7 Å². The average Bonchev–Trinajstić information content (AvgIpc) is 3.21. The first-order chi connectivity index (χ1) is 15.6. The maximum absolute atomic E-state index is 13.3. The normalized spacial score (nSPS) is 15.4. The first kappa shape index (κ1) is 22.0. The Hall–Kier alpha value is -3.16. The molecule has 2 heterocycles. The van der Waals surface area contributed by atoms with Crippen molar-refractivity contribution in [2.24, 2.45) is 0 Å². The Morgan fingerprint density at radius 3 is 2.41 bits per heavy atom. The van der Waals surface area contributed by atoms with E-state index < -0.39 is 11.2 Å². The molecule has 1 amide bonds. The fourth-order valence-corrected chi connectivity index (χ4v) is 4.54. The third-order valence-electron chi connectivity index (χ3n) is 6.28. The summed E-state index contributed by atoms with van der Waals surface area (Å²) in [4.78, 5) is 43.8. The Balaban J connectivity index is 1.68. The van der Waals surface area contributed by atoms with Crippen LogP contribution in [-0.4, -0.2) is 30.6 Å². The molecule has 170 valence electrons. The van der Waals surface area contributed by atoms with Crippen LogP contribution in [0, 0.1) is 0 Å². The van der Waals surface area contributed by atoms with Gasteiger partial charge in [0.25, 0.3) is 5.56 Å². The molecule has 2 aromatic heterocycles. The summed E-state index contributed by atoms with van der Waals surface area (Å²) in [5.74, 6) is -0.289. The summed E-state index contributed by atoms with van der Waals surface area (Å²) in [7, 11) is 0. The molecule has 1 aliphatic rings. The number of amides is 1. The number of carbonyl (C=O) groups is 1. The highest BCUT2D eigenvalue weighted by molar-refractivity contribution is 5.77. The first-order valence-electron chi connectivity index (χ1n) is 11.6. The molecule has 0 spiro atoms. The zero-order valence-electron chi connectivity index (χ0n) is 18.6. The van der Waals surface area contributed by atoms with Crippen LogP contribution in [0.2, 0.25) is 0 Å². The number of imidazole rings is 1. The predicted molar refractivity (Wildman–Crippen MR) is 124 cm³/mol. The number of aryl methyl sites for hydroxylation is 1. The van der Waals surface area contributed by atoms with E-state index in [1.54, 1.807) is 10.9 Å². The van der Waals surface area contributed by atoms with Gasteiger partial charge in [-0.2, -0.15) is 0 Å². The third-order valence-corrected chi connectivity index (χ3v) is 6.28. The highest BCUT2D eigenvalue weighted by atomic mass is 16.2. The molecule has 1 N–H and O–H groups in total. The SMILES string of the molecule is CCn1cnc2c1c(=O)n(CC(=O)NC1CCCCCCC1)c(=O)n2Cc1ccccc1. The van der Waals surface area contributed by atoms with Gasteiger partial charge in [-0.05, 0) is 25.3 Å². The van der Waals surface area contributed by atoms with E-state index >= 15 is 0 Å². The van der Waals surface area contributed by atoms with Gasteiger partial charge in [-0.1, -0.05) is 62.4 Å². The average molecular weight is 438 g/mol. The number of nitrogens with one attached hydrogen (secondary N) is 1. The molecule has 0 bridgehead atoms. The summed E-state index contributed by atoms with van der Waals surface area (Å²) in [6.07, 6.45) is 9.28. The quantitative estimate of drug-likeness (QED) is 0.642. The van der Waals surface area contributed by atoms with E-state index in [-0.39, 0.29) is 25.0 Å². The second kappa shape index (κ2) is 9.97. The van der Waals surface area contributed by atoms with Gasteiger partial charge in [0.2, 0.25) is 5.91 Å². The maximum atomic E-state index is 13.3. The lowest BCUT2D eigenvalue weighted by atomic mass is 9.97. The second-order valence-corrected chi connectivity index (χ2v) is 8.56. The van der Waals surface area contributed by atoms with Crippen molar-refractivity contribution in [3.63, 3.8) is 0 Å². The van der Waals surface area contributed by atoms with Gasteiger partial charge in [-0.25, -0.2) is 14.3 Å². The van der Waals surface area contributed by atoms with Crippen molar-refractivity contribution in [2.45, 2.75) is 77.5 Å². The lowest BCUT2D eigenvalue weighted by Gasteiger charge is -2.21. The predicted octanol–water partition coefficient (Wildman–Crippen LogP) is 2.66. The summed E-state index contributed by atoms with van der Waals surface area (Å²) in [6, 6.07) is 9.67. The molecule has 8 heteroatoms. The number of hydrogen-bond donors (Lipinski definition) is 1. The Kier molecular flexibility index (Phi) is 6.87. The van der Waals surface area contributed by atoms with Gasteiger partial charge in [0, 0.05) is 12.6 Å². The summed E-state index contributed by atoms with van der Waals surface area (Å²) in [5, 5.41) is 3.06. The van der Waals surface area contributed by atoms with E-state index in [1.807, 2.05) is 37.3 Å². The van der Waals surface area contributed by atoms with Gasteiger partial charge >= 0.3 is 5.69 Å². The smallest absolute Gasteiger partial charge is 0.333 e. The molecule has 1 saturated carbocycles. The Morgan fingerprint density at radius 2 is 1.72 bits per heavy atom. The van der Waals surface area contributed by atoms with Crippen molar-refractivity contribution in [1.29, 1.82) is 0 Å². The lowest BCUT2D eigenvalue weighted by molar-refractivity contribution is -0.122. The van der Waals surface area contributed by atoms with Crippen molar-refractivity contribution in [1.82, 2.24) is 24.0 Å². The molecule has 0 unspecified atom stereocenters. The van der Waals surface area contributed by atoms with Crippen LogP contribution in [-0.2, 0) is 24.4 Å². The molecule has 4 rings (SSSR count). The van der Waals surface area contributed by atoms with Gasteiger partial charge in [0.05, 0.1) is 12.9 Å². The number of aromatic nitrogens is 4. The minimum Gasteiger partial charge on any atom is -0.352 e. The molecular formula is C24H31N5O3. The van der Waals surface area contributed by atoms with Gasteiger partial charge in [0.15, 0.2) is 11.2 Å². The van der Waals surface area contributed by atoms with Gasteiger partial charge < -0.3 is 9.88 Å². The number of fused-ring (bicyclic) bond motifs is 1. The Labute approximate surface area is 186 Å². The van der Waals surface area contributed by atoms with Crippen molar-refractivity contribution in [2.75, 3.05) is 0 Å². The maximum Gasteiger partial charge on any atom is 0.333 e. The van der Waals surface area contributed by atoms with Crippen LogP contribution in [0.25, 0.3) is 11.2 Å². The van der Waals surface area contributed by atoms with Crippen molar-refractivity contribution in [3.8, 4) is 0 Å². The molecule has 8 nitrogen and oxygen atoms in total. The molecule has 1 aromatic carbocycles. The lowest BCUT2D eigenvalue weighted by Crippen LogP contribution is -2.46. The molecule has 0 saturated heterocycles. The van der Waals surface area contributed by atoms with Gasteiger partial charge in [-0.3, -0.25) is 14.2 Å². The topological polar surface area (TPSA) is 90.9 Å². The zero-order chi connectivity index (χ0) is 22.5. The number of rotatable bonds is 6. The largest absolute Gasteiger partial charge is 0.352 e. The number of hydrogen-bond acceptors (Lipinski definition) is 4. The highest BCUT2D eigenvalue weighted by Crippen LogP contribution is 2.17. The van der Waals surface area contributed by atoms with Crippen molar-refractivity contribution in [3.05, 3.63) is 63.1 Å². The van der Waals surface area contributed by atoms with E-state index in [2.05, 4.69) is 10.3 Å². The summed E-state index contributed by atoms with van der Waals surface area (Å²) in [6.45, 7) is 2.46. The Bertz CT molecular complexity index is 1180. The van der Waals surface area contributed by atoms with E-state index in [1.165, 1.54) is 23.8 Å². The molecule has 0 aliphatic heterocycles. The molecular weight excluding hydrogens is 406 g/mol. The van der Waals surface area contributed by atoms with E-state index in [4.69, 9.17) is 0 Å². The molecule has 0 atom stereocenters. The number of carbonyl (C=O) groups excluding carboxylic acids is 1. The van der Waals surface area contributed by atoms with Crippen LogP contribution in [0.15, 0.2) is 46.2 Å². The van der Waals surface area contributed by atoms with Gasteiger partial charge in [0.1, 0.15) is 6.54 Å². The summed E-state index contributed by atoms with van der Waals surface area (Å²) >= 11 is 0. The van der Waals surface area contributed by atoms with Crippen molar-refractivity contribution < 1.29 is 4.79 Å². The summed E-state index contributed by atoms with van der Waals surface area (Å²) in [5.41, 5.74) is 0.636. The fraction of sp³-hybridized carbons (Fsp3) is 0.500. The first-order valence-corrected chi connectivity index (χ1v) is 11.6. The van der Waals surface area contributed by atoms with Crippen LogP contribution in [0.3, 0.4) is 0 Å². The van der Waals surface area contributed by atoms with E-state index in [9.17, 15) is 14.4 Å². The zero-order valence-corrected chi connectivity index (χ0v) is 18.6. The fourth-order valence-electron chi connectivity index (χ4n) is 4.54. The molecule has 1 fully saturated rings. The Morgan fingerprint density at radius 1 is 1.03 bits per heavy atom. The highest BCUT2D eigenvalue weighted by Gasteiger charge is 2.21. The van der Waals surface area contributed by atoms with Gasteiger partial charge in [-0.15, -0.1) is 0 Å². The minimum atomic E-state index is -0.513. The molecule has 32 heavy (non-hydrogen) atoms. The van der Waals surface area contributed by atoms with Crippen LogP contribution in [0.4, 0.5) is 0 Å². The molecule has 3 aromatic rings. The minimum absolute atomic E-state index is 0.106. The van der Waals surface area contributed by atoms with Crippen molar-refractivity contribution >= 4 is 17.1 Å². The summed E-state index contributed by atoms with van der Waals surface area (Å²) < 4.78 is 4.26. The van der Waals surface area contributed by atoms with E-state index in [0.717, 1.165) is 35.8 Å².